The Morgan fingerprint density at radius 3 is 2.65 bits per heavy atom. The fourth-order valence-corrected chi connectivity index (χ4v) is 2.73. The Kier molecular flexibility index (Phi) is 5.16. The molecule has 1 atom stereocenters. The van der Waals surface area contributed by atoms with Gasteiger partial charge in [-0.2, -0.15) is 0 Å². The van der Waals surface area contributed by atoms with E-state index in [1.54, 1.807) is 11.4 Å². The molecule has 0 fully saturated rings. The maximum absolute atomic E-state index is 11.9. The molecule has 1 heterocycles. The standard InChI is InChI=1S/C12H18BrNO2S/c1-12(2,3)5-9(6-15)14-11(16)8-4-10(13)17-7-8/h4,7,9,15H,5-6H2,1-3H3,(H,14,16). The minimum Gasteiger partial charge on any atom is -0.394 e. The van der Waals surface area contributed by atoms with Crippen molar-refractivity contribution < 1.29 is 9.90 Å². The Morgan fingerprint density at radius 2 is 2.24 bits per heavy atom. The summed E-state index contributed by atoms with van der Waals surface area (Å²) < 4.78 is 0.930. The van der Waals surface area contributed by atoms with E-state index in [1.165, 1.54) is 11.3 Å². The highest BCUT2D eigenvalue weighted by molar-refractivity contribution is 9.11. The van der Waals surface area contributed by atoms with Crippen LogP contribution in [-0.2, 0) is 0 Å². The van der Waals surface area contributed by atoms with Gasteiger partial charge in [-0.25, -0.2) is 0 Å². The van der Waals surface area contributed by atoms with E-state index < -0.39 is 0 Å². The zero-order valence-corrected chi connectivity index (χ0v) is 12.7. The van der Waals surface area contributed by atoms with Crippen LogP contribution < -0.4 is 5.32 Å². The molecule has 0 aliphatic carbocycles. The Morgan fingerprint density at radius 1 is 1.59 bits per heavy atom. The summed E-state index contributed by atoms with van der Waals surface area (Å²) in [6.07, 6.45) is 0.751. The third-order valence-electron chi connectivity index (χ3n) is 2.24. The quantitative estimate of drug-likeness (QED) is 0.896. The van der Waals surface area contributed by atoms with Gasteiger partial charge in [-0.1, -0.05) is 20.8 Å². The molecule has 0 saturated carbocycles. The Hall–Kier alpha value is -0.390. The van der Waals surface area contributed by atoms with E-state index in [0.717, 1.165) is 10.2 Å². The normalized spacial score (nSPS) is 13.5. The number of hydrogen-bond acceptors (Lipinski definition) is 3. The maximum Gasteiger partial charge on any atom is 0.252 e. The van der Waals surface area contributed by atoms with Crippen LogP contribution >= 0.6 is 27.3 Å². The van der Waals surface area contributed by atoms with Gasteiger partial charge >= 0.3 is 0 Å². The summed E-state index contributed by atoms with van der Waals surface area (Å²) in [5.74, 6) is -0.129. The lowest BCUT2D eigenvalue weighted by molar-refractivity contribution is 0.0898. The van der Waals surface area contributed by atoms with Gasteiger partial charge in [-0.05, 0) is 33.8 Å². The van der Waals surface area contributed by atoms with Crippen LogP contribution in [0.2, 0.25) is 0 Å². The van der Waals surface area contributed by atoms with Crippen LogP contribution in [0.1, 0.15) is 37.6 Å². The van der Waals surface area contributed by atoms with Crippen molar-refractivity contribution in [2.75, 3.05) is 6.61 Å². The number of rotatable bonds is 4. The van der Waals surface area contributed by atoms with Gasteiger partial charge in [-0.3, -0.25) is 4.79 Å². The number of halogens is 1. The fourth-order valence-electron chi connectivity index (χ4n) is 1.60. The molecule has 1 unspecified atom stereocenters. The zero-order valence-electron chi connectivity index (χ0n) is 10.3. The van der Waals surface area contributed by atoms with Crippen molar-refractivity contribution in [2.24, 2.45) is 5.41 Å². The average Bonchev–Trinajstić information content (AvgIpc) is 2.61. The number of carbonyl (C=O) groups excluding carboxylic acids is 1. The van der Waals surface area contributed by atoms with Crippen molar-refractivity contribution in [3.05, 3.63) is 20.8 Å². The summed E-state index contributed by atoms with van der Waals surface area (Å²) >= 11 is 4.80. The van der Waals surface area contributed by atoms with Gasteiger partial charge < -0.3 is 10.4 Å². The number of hydrogen-bond donors (Lipinski definition) is 2. The van der Waals surface area contributed by atoms with Crippen molar-refractivity contribution in [3.63, 3.8) is 0 Å². The summed E-state index contributed by atoms with van der Waals surface area (Å²) in [6, 6.07) is 1.59. The Labute approximate surface area is 114 Å². The summed E-state index contributed by atoms with van der Waals surface area (Å²) in [5.41, 5.74) is 0.713. The molecular weight excluding hydrogens is 302 g/mol. The van der Waals surface area contributed by atoms with Crippen LogP contribution in [0.4, 0.5) is 0 Å². The van der Waals surface area contributed by atoms with E-state index in [1.807, 2.05) is 0 Å². The second-order valence-electron chi connectivity index (χ2n) is 5.26. The van der Waals surface area contributed by atoms with Crippen molar-refractivity contribution in [2.45, 2.75) is 33.2 Å². The van der Waals surface area contributed by atoms with E-state index in [9.17, 15) is 9.90 Å². The lowest BCUT2D eigenvalue weighted by Crippen LogP contribution is -2.39. The topological polar surface area (TPSA) is 49.3 Å². The summed E-state index contributed by atoms with van der Waals surface area (Å²) in [7, 11) is 0. The first kappa shape index (κ1) is 14.7. The van der Waals surface area contributed by atoms with Crippen LogP contribution in [-0.4, -0.2) is 23.7 Å². The second kappa shape index (κ2) is 5.98. The number of carbonyl (C=O) groups is 1. The highest BCUT2D eigenvalue weighted by atomic mass is 79.9. The molecule has 2 N–H and O–H groups in total. The molecule has 5 heteroatoms. The van der Waals surface area contributed by atoms with Crippen LogP contribution in [0.25, 0.3) is 0 Å². The molecule has 0 aliphatic rings. The lowest BCUT2D eigenvalue weighted by atomic mass is 9.88. The maximum atomic E-state index is 11.9. The van der Waals surface area contributed by atoms with Crippen molar-refractivity contribution >= 4 is 33.2 Å². The van der Waals surface area contributed by atoms with Crippen LogP contribution in [0, 0.1) is 5.41 Å². The molecule has 0 saturated heterocycles. The molecule has 3 nitrogen and oxygen atoms in total. The average molecular weight is 320 g/mol. The van der Waals surface area contributed by atoms with E-state index in [0.29, 0.717) is 5.56 Å². The lowest BCUT2D eigenvalue weighted by Gasteiger charge is -2.25. The van der Waals surface area contributed by atoms with Crippen molar-refractivity contribution in [3.8, 4) is 0 Å². The van der Waals surface area contributed by atoms with Crippen LogP contribution in [0.3, 0.4) is 0 Å². The van der Waals surface area contributed by atoms with Gasteiger partial charge in [0.15, 0.2) is 0 Å². The van der Waals surface area contributed by atoms with Gasteiger partial charge in [0, 0.05) is 5.38 Å². The second-order valence-corrected chi connectivity index (χ2v) is 7.55. The summed E-state index contributed by atoms with van der Waals surface area (Å²) in [6.45, 7) is 6.23. The molecule has 1 rings (SSSR count). The number of nitrogens with one attached hydrogen (secondary N) is 1. The SMILES string of the molecule is CC(C)(C)CC(CO)NC(=O)c1csc(Br)c1. The molecule has 0 aliphatic heterocycles. The fraction of sp³-hybridized carbons (Fsp3) is 0.583. The first-order valence-electron chi connectivity index (χ1n) is 5.47. The predicted octanol–water partition coefficient (Wildman–Crippen LogP) is 3.04. The molecule has 0 spiro atoms. The largest absolute Gasteiger partial charge is 0.394 e. The first-order chi connectivity index (χ1) is 7.81. The molecule has 96 valence electrons. The van der Waals surface area contributed by atoms with E-state index >= 15 is 0 Å². The minimum atomic E-state index is -0.193. The third-order valence-corrected chi connectivity index (χ3v) is 3.75. The van der Waals surface area contributed by atoms with E-state index in [-0.39, 0.29) is 24.0 Å². The number of amides is 1. The van der Waals surface area contributed by atoms with Crippen LogP contribution in [0.5, 0.6) is 0 Å². The first-order valence-corrected chi connectivity index (χ1v) is 7.15. The Bertz CT molecular complexity index is 384. The third kappa shape index (κ3) is 5.19. The summed E-state index contributed by atoms with van der Waals surface area (Å²) in [5, 5.41) is 13.9. The van der Waals surface area contributed by atoms with Crippen LogP contribution in [0.15, 0.2) is 15.2 Å². The van der Waals surface area contributed by atoms with Gasteiger partial charge in [0.2, 0.25) is 0 Å². The van der Waals surface area contributed by atoms with Gasteiger partial charge in [0.1, 0.15) is 0 Å². The minimum absolute atomic E-state index is 0.0334. The van der Waals surface area contributed by atoms with Gasteiger partial charge in [0.25, 0.3) is 5.91 Å². The summed E-state index contributed by atoms with van der Waals surface area (Å²) in [4.78, 5) is 11.9. The molecule has 17 heavy (non-hydrogen) atoms. The van der Waals surface area contributed by atoms with Crippen molar-refractivity contribution in [1.82, 2.24) is 5.32 Å². The van der Waals surface area contributed by atoms with Crippen molar-refractivity contribution in [1.29, 1.82) is 0 Å². The molecule has 0 radical (unpaired) electrons. The molecule has 1 amide bonds. The van der Waals surface area contributed by atoms with Gasteiger partial charge in [0.05, 0.1) is 22.0 Å². The predicted molar refractivity (Wildman–Crippen MR) is 74.4 cm³/mol. The monoisotopic (exact) mass is 319 g/mol. The molecule has 0 aromatic carbocycles. The number of thiophene rings is 1. The molecule has 0 bridgehead atoms. The smallest absolute Gasteiger partial charge is 0.252 e. The zero-order chi connectivity index (χ0) is 13.1. The van der Waals surface area contributed by atoms with Gasteiger partial charge in [-0.15, -0.1) is 11.3 Å². The number of aliphatic hydroxyl groups is 1. The highest BCUT2D eigenvalue weighted by Gasteiger charge is 2.20. The Balaban J connectivity index is 2.60. The number of aliphatic hydroxyl groups excluding tert-OH is 1. The molecule has 1 aromatic rings. The van der Waals surface area contributed by atoms with E-state index in [2.05, 4.69) is 42.0 Å². The molecule has 1 aromatic heterocycles. The molecular formula is C12H18BrNO2S. The highest BCUT2D eigenvalue weighted by Crippen LogP contribution is 2.22. The van der Waals surface area contributed by atoms with E-state index in [4.69, 9.17) is 0 Å².